The minimum Gasteiger partial charge on any atom is -0.486 e. The van der Waals surface area contributed by atoms with Crippen LogP contribution < -0.4 is 9.47 Å². The predicted octanol–water partition coefficient (Wildman–Crippen LogP) is 3.37. The minimum absolute atomic E-state index is 0.0750. The molecule has 1 atom stereocenters. The molecule has 0 bridgehead atoms. The number of hydrogen-bond donors (Lipinski definition) is 0. The third-order valence-corrected chi connectivity index (χ3v) is 4.51. The van der Waals surface area contributed by atoms with Crippen LogP contribution in [0.4, 0.5) is 0 Å². The highest BCUT2D eigenvalue weighted by Crippen LogP contribution is 2.32. The van der Waals surface area contributed by atoms with E-state index in [1.807, 2.05) is 36.9 Å². The molecule has 2 heterocycles. The van der Waals surface area contributed by atoms with Crippen molar-refractivity contribution >= 4 is 5.91 Å². The second-order valence-electron chi connectivity index (χ2n) is 8.94. The number of rotatable bonds is 5. The molecule has 3 rings (SSSR count). The van der Waals surface area contributed by atoms with Crippen LogP contribution in [0.3, 0.4) is 0 Å². The molecule has 6 nitrogen and oxygen atoms in total. The van der Waals surface area contributed by atoms with Crippen LogP contribution >= 0.6 is 0 Å². The molecule has 6 heteroatoms. The Morgan fingerprint density at radius 2 is 1.89 bits per heavy atom. The molecule has 1 saturated heterocycles. The van der Waals surface area contributed by atoms with Crippen LogP contribution in [0.1, 0.15) is 46.6 Å². The number of carbonyl (C=O) groups is 1. The number of benzene rings is 1. The van der Waals surface area contributed by atoms with Crippen LogP contribution in [0, 0.1) is 5.41 Å². The fourth-order valence-corrected chi connectivity index (χ4v) is 3.33. The van der Waals surface area contributed by atoms with Crippen LogP contribution in [0.25, 0.3) is 0 Å². The van der Waals surface area contributed by atoms with E-state index < -0.39 is 5.79 Å². The summed E-state index contributed by atoms with van der Waals surface area (Å²) in [6.45, 7) is 12.6. The molecular formula is C21H31NO5. The van der Waals surface area contributed by atoms with E-state index in [4.69, 9.17) is 18.9 Å². The second-order valence-corrected chi connectivity index (χ2v) is 8.94. The molecule has 0 saturated carbocycles. The van der Waals surface area contributed by atoms with Gasteiger partial charge >= 0.3 is 0 Å². The quantitative estimate of drug-likeness (QED) is 0.787. The van der Waals surface area contributed by atoms with Crippen molar-refractivity contribution in [2.75, 3.05) is 26.4 Å². The molecule has 0 aliphatic carbocycles. The van der Waals surface area contributed by atoms with Crippen LogP contribution in [0.15, 0.2) is 18.2 Å². The van der Waals surface area contributed by atoms with Gasteiger partial charge < -0.3 is 23.8 Å². The lowest BCUT2D eigenvalue weighted by molar-refractivity contribution is -0.147. The van der Waals surface area contributed by atoms with Crippen molar-refractivity contribution in [3.8, 4) is 11.5 Å². The molecule has 1 aromatic rings. The van der Waals surface area contributed by atoms with Gasteiger partial charge in [-0.15, -0.1) is 0 Å². The maximum absolute atomic E-state index is 13.0. The van der Waals surface area contributed by atoms with Crippen LogP contribution in [0.2, 0.25) is 0 Å². The fourth-order valence-electron chi connectivity index (χ4n) is 3.33. The van der Waals surface area contributed by atoms with E-state index in [1.165, 1.54) is 0 Å². The lowest BCUT2D eigenvalue weighted by Crippen LogP contribution is -2.40. The maximum atomic E-state index is 13.0. The van der Waals surface area contributed by atoms with E-state index in [0.717, 1.165) is 17.1 Å². The van der Waals surface area contributed by atoms with E-state index in [2.05, 4.69) is 20.8 Å². The Balaban J connectivity index is 1.73. The van der Waals surface area contributed by atoms with E-state index in [-0.39, 0.29) is 17.4 Å². The molecule has 150 valence electrons. The molecule has 0 aromatic heterocycles. The van der Waals surface area contributed by atoms with Crippen molar-refractivity contribution in [2.45, 2.75) is 59.5 Å². The molecule has 1 aromatic carbocycles. The molecule has 2 aliphatic heterocycles. The largest absolute Gasteiger partial charge is 0.486 e. The summed E-state index contributed by atoms with van der Waals surface area (Å²) in [4.78, 5) is 14.8. The number of hydrogen-bond acceptors (Lipinski definition) is 5. The summed E-state index contributed by atoms with van der Waals surface area (Å²) in [7, 11) is 0. The Labute approximate surface area is 161 Å². The third kappa shape index (κ3) is 5.59. The smallest absolute Gasteiger partial charge is 0.223 e. The third-order valence-electron chi connectivity index (χ3n) is 4.51. The molecule has 0 radical (unpaired) electrons. The van der Waals surface area contributed by atoms with Gasteiger partial charge in [0.15, 0.2) is 17.3 Å². The van der Waals surface area contributed by atoms with Gasteiger partial charge in [0.05, 0.1) is 6.61 Å². The van der Waals surface area contributed by atoms with Crippen molar-refractivity contribution in [1.29, 1.82) is 0 Å². The van der Waals surface area contributed by atoms with Crippen LogP contribution in [0.5, 0.6) is 11.5 Å². The average Bonchev–Trinajstić information content (AvgIpc) is 2.91. The number of fused-ring (bicyclic) bond motifs is 1. The number of ether oxygens (including phenoxy) is 4. The first kappa shape index (κ1) is 20.0. The van der Waals surface area contributed by atoms with Gasteiger partial charge in [-0.25, -0.2) is 0 Å². The molecule has 1 fully saturated rings. The molecule has 0 spiro atoms. The average molecular weight is 377 g/mol. The van der Waals surface area contributed by atoms with E-state index >= 15 is 0 Å². The molecule has 2 aliphatic rings. The van der Waals surface area contributed by atoms with Crippen molar-refractivity contribution in [3.63, 3.8) is 0 Å². The lowest BCUT2D eigenvalue weighted by Gasteiger charge is -2.29. The number of nitrogens with zero attached hydrogens (tertiary/aromatic N) is 1. The Morgan fingerprint density at radius 1 is 1.19 bits per heavy atom. The molecule has 27 heavy (non-hydrogen) atoms. The zero-order valence-corrected chi connectivity index (χ0v) is 17.0. The van der Waals surface area contributed by atoms with Gasteiger partial charge in [-0.3, -0.25) is 4.79 Å². The molecule has 1 amide bonds. The zero-order valence-electron chi connectivity index (χ0n) is 17.0. The second kappa shape index (κ2) is 7.68. The minimum atomic E-state index is -0.597. The van der Waals surface area contributed by atoms with E-state index in [0.29, 0.717) is 39.3 Å². The summed E-state index contributed by atoms with van der Waals surface area (Å²) in [6.07, 6.45) is 0.357. The van der Waals surface area contributed by atoms with Gasteiger partial charge in [-0.1, -0.05) is 26.8 Å². The summed E-state index contributed by atoms with van der Waals surface area (Å²) >= 11 is 0. The Kier molecular flexibility index (Phi) is 5.68. The highest BCUT2D eigenvalue weighted by Gasteiger charge is 2.35. The maximum Gasteiger partial charge on any atom is 0.223 e. The Bertz CT molecular complexity index is 680. The first-order valence-corrected chi connectivity index (χ1v) is 9.59. The highest BCUT2D eigenvalue weighted by molar-refractivity contribution is 5.77. The standard InChI is InChI=1S/C21H31NO5/c1-20(2,3)11-19(23)22(13-16-14-26-21(4,5)27-16)12-15-6-7-17-18(10-15)25-9-8-24-17/h6-7,10,16H,8-9,11-14H2,1-5H3. The van der Waals surface area contributed by atoms with Crippen molar-refractivity contribution < 1.29 is 23.7 Å². The van der Waals surface area contributed by atoms with E-state index in [1.54, 1.807) is 0 Å². The molecule has 1 unspecified atom stereocenters. The SMILES string of the molecule is CC(C)(C)CC(=O)N(Cc1ccc2c(c1)OCCO2)CC1COC(C)(C)O1. The van der Waals surface area contributed by atoms with Crippen LogP contribution in [-0.4, -0.2) is 49.1 Å². The van der Waals surface area contributed by atoms with Gasteiger partial charge in [0.25, 0.3) is 0 Å². The summed E-state index contributed by atoms with van der Waals surface area (Å²) in [6, 6.07) is 5.86. The fraction of sp³-hybridized carbons (Fsp3) is 0.667. The van der Waals surface area contributed by atoms with Crippen molar-refractivity contribution in [3.05, 3.63) is 23.8 Å². The van der Waals surface area contributed by atoms with Gasteiger partial charge in [-0.2, -0.15) is 0 Å². The highest BCUT2D eigenvalue weighted by atomic mass is 16.7. The van der Waals surface area contributed by atoms with Gasteiger partial charge in [0.1, 0.15) is 19.3 Å². The summed E-state index contributed by atoms with van der Waals surface area (Å²) < 4.78 is 22.8. The summed E-state index contributed by atoms with van der Waals surface area (Å²) in [5.41, 5.74) is 0.939. The number of carbonyl (C=O) groups excluding carboxylic acids is 1. The predicted molar refractivity (Wildman–Crippen MR) is 102 cm³/mol. The Morgan fingerprint density at radius 3 is 2.52 bits per heavy atom. The van der Waals surface area contributed by atoms with E-state index in [9.17, 15) is 4.79 Å². The zero-order chi connectivity index (χ0) is 19.7. The molecular weight excluding hydrogens is 346 g/mol. The number of amides is 1. The molecule has 0 N–H and O–H groups in total. The normalized spacial score (nSPS) is 21.1. The Hall–Kier alpha value is -1.79. The monoisotopic (exact) mass is 377 g/mol. The topological polar surface area (TPSA) is 57.2 Å². The van der Waals surface area contributed by atoms with Gasteiger partial charge in [0, 0.05) is 19.5 Å². The lowest BCUT2D eigenvalue weighted by atomic mass is 9.91. The first-order valence-electron chi connectivity index (χ1n) is 9.59. The van der Waals surface area contributed by atoms with Gasteiger partial charge in [0.2, 0.25) is 5.91 Å². The van der Waals surface area contributed by atoms with Crippen molar-refractivity contribution in [2.24, 2.45) is 5.41 Å². The van der Waals surface area contributed by atoms with Crippen LogP contribution in [-0.2, 0) is 20.8 Å². The van der Waals surface area contributed by atoms with Crippen molar-refractivity contribution in [1.82, 2.24) is 4.90 Å². The first-order chi connectivity index (χ1) is 12.6. The summed E-state index contributed by atoms with van der Waals surface area (Å²) in [5.74, 6) is 1.02. The van der Waals surface area contributed by atoms with Gasteiger partial charge in [-0.05, 0) is 37.0 Å². The summed E-state index contributed by atoms with van der Waals surface area (Å²) in [5, 5.41) is 0.